The lowest BCUT2D eigenvalue weighted by molar-refractivity contribution is 0.0660. The van der Waals surface area contributed by atoms with Gasteiger partial charge in [0.15, 0.2) is 0 Å². The lowest BCUT2D eigenvalue weighted by atomic mass is 9.97. The van der Waals surface area contributed by atoms with Crippen molar-refractivity contribution in [3.63, 3.8) is 0 Å². The summed E-state index contributed by atoms with van der Waals surface area (Å²) in [4.78, 5) is 18.9. The number of fused-ring (bicyclic) bond motifs is 1. The van der Waals surface area contributed by atoms with Crippen molar-refractivity contribution in [3.8, 4) is 0 Å². The molecule has 1 atom stereocenters. The molecule has 1 amide bonds. The van der Waals surface area contributed by atoms with Crippen molar-refractivity contribution < 1.29 is 4.79 Å². The first kappa shape index (κ1) is 14.9. The van der Waals surface area contributed by atoms with E-state index in [-0.39, 0.29) is 5.91 Å². The van der Waals surface area contributed by atoms with Crippen molar-refractivity contribution in [1.82, 2.24) is 24.1 Å². The van der Waals surface area contributed by atoms with Gasteiger partial charge in [-0.2, -0.15) is 5.10 Å². The number of carbonyl (C=O) groups excluding carboxylic acids is 1. The molecule has 0 aliphatic carbocycles. The Kier molecular flexibility index (Phi) is 3.80. The van der Waals surface area contributed by atoms with Crippen LogP contribution in [0.25, 0.3) is 5.52 Å². The van der Waals surface area contributed by atoms with Gasteiger partial charge in [-0.1, -0.05) is 6.07 Å². The van der Waals surface area contributed by atoms with E-state index >= 15 is 0 Å². The predicted molar refractivity (Wildman–Crippen MR) is 90.8 cm³/mol. The van der Waals surface area contributed by atoms with Crippen molar-refractivity contribution in [2.24, 2.45) is 5.92 Å². The molecule has 0 spiro atoms. The molecule has 124 valence electrons. The summed E-state index contributed by atoms with van der Waals surface area (Å²) in [7, 11) is 0. The van der Waals surface area contributed by atoms with Crippen molar-refractivity contribution >= 4 is 11.4 Å². The third-order valence-electron chi connectivity index (χ3n) is 4.81. The second-order valence-electron chi connectivity index (χ2n) is 6.59. The highest BCUT2D eigenvalue weighted by Crippen LogP contribution is 2.22. The molecule has 0 bridgehead atoms. The number of hydrogen-bond acceptors (Lipinski definition) is 3. The minimum Gasteiger partial charge on any atom is -0.338 e. The number of carbonyl (C=O) groups is 1. The first-order valence-corrected chi connectivity index (χ1v) is 8.40. The molecule has 24 heavy (non-hydrogen) atoms. The number of pyridine rings is 1. The summed E-state index contributed by atoms with van der Waals surface area (Å²) in [6.45, 7) is 4.50. The number of hydrogen-bond donors (Lipinski definition) is 0. The summed E-state index contributed by atoms with van der Waals surface area (Å²) in [6.07, 6.45) is 9.39. The largest absolute Gasteiger partial charge is 0.338 e. The average molecular weight is 323 g/mol. The fourth-order valence-corrected chi connectivity index (χ4v) is 3.57. The van der Waals surface area contributed by atoms with Crippen LogP contribution in [-0.4, -0.2) is 43.1 Å². The van der Waals surface area contributed by atoms with E-state index in [1.807, 2.05) is 38.5 Å². The Hall–Kier alpha value is -2.63. The first-order chi connectivity index (χ1) is 11.7. The van der Waals surface area contributed by atoms with Gasteiger partial charge in [0.25, 0.3) is 5.91 Å². The molecule has 0 aromatic carbocycles. The fraction of sp³-hybridized carbons (Fsp3) is 0.389. The van der Waals surface area contributed by atoms with Crippen LogP contribution in [0.15, 0.2) is 43.2 Å². The molecule has 6 heteroatoms. The van der Waals surface area contributed by atoms with Crippen LogP contribution in [0.4, 0.5) is 0 Å². The molecular weight excluding hydrogens is 302 g/mol. The summed E-state index contributed by atoms with van der Waals surface area (Å²) in [5.41, 5.74) is 3.04. The van der Waals surface area contributed by atoms with Crippen LogP contribution >= 0.6 is 0 Å². The molecular formula is C18H21N5O. The van der Waals surface area contributed by atoms with Crippen LogP contribution in [-0.2, 0) is 6.54 Å². The lowest BCUT2D eigenvalue weighted by Gasteiger charge is -2.32. The summed E-state index contributed by atoms with van der Waals surface area (Å²) < 4.78 is 3.88. The van der Waals surface area contributed by atoms with Crippen LogP contribution in [0.1, 0.15) is 28.8 Å². The average Bonchev–Trinajstić information content (AvgIpc) is 3.24. The minimum atomic E-state index is 0.126. The highest BCUT2D eigenvalue weighted by Gasteiger charge is 2.25. The summed E-state index contributed by atoms with van der Waals surface area (Å²) >= 11 is 0. The highest BCUT2D eigenvalue weighted by molar-refractivity contribution is 5.96. The normalized spacial score (nSPS) is 18.2. The second-order valence-corrected chi connectivity index (χ2v) is 6.59. The molecule has 6 nitrogen and oxygen atoms in total. The Morgan fingerprint density at radius 3 is 3.12 bits per heavy atom. The van der Waals surface area contributed by atoms with Gasteiger partial charge >= 0.3 is 0 Å². The molecule has 4 heterocycles. The van der Waals surface area contributed by atoms with Crippen molar-refractivity contribution in [3.05, 3.63) is 54.4 Å². The lowest BCUT2D eigenvalue weighted by Crippen LogP contribution is -2.41. The zero-order valence-electron chi connectivity index (χ0n) is 13.8. The highest BCUT2D eigenvalue weighted by atomic mass is 16.2. The molecule has 1 fully saturated rings. The molecule has 3 aromatic rings. The van der Waals surface area contributed by atoms with Gasteiger partial charge in [0.05, 0.1) is 5.56 Å². The quantitative estimate of drug-likeness (QED) is 0.744. The van der Waals surface area contributed by atoms with Gasteiger partial charge in [-0.25, -0.2) is 4.98 Å². The van der Waals surface area contributed by atoms with Gasteiger partial charge in [0.2, 0.25) is 0 Å². The van der Waals surface area contributed by atoms with E-state index in [2.05, 4.69) is 23.1 Å². The van der Waals surface area contributed by atoms with Crippen LogP contribution in [0, 0.1) is 12.8 Å². The third-order valence-corrected chi connectivity index (χ3v) is 4.81. The molecule has 4 rings (SSSR count). The SMILES string of the molecule is Cc1cccn2cc(C(=O)N3CCCC(Cn4cncn4)C3)cc12. The molecule has 0 saturated carbocycles. The van der Waals surface area contributed by atoms with E-state index in [1.165, 1.54) is 5.56 Å². The fourth-order valence-electron chi connectivity index (χ4n) is 3.57. The number of piperidine rings is 1. The van der Waals surface area contributed by atoms with E-state index in [0.717, 1.165) is 43.6 Å². The smallest absolute Gasteiger partial charge is 0.255 e. The van der Waals surface area contributed by atoms with E-state index in [9.17, 15) is 4.79 Å². The zero-order valence-corrected chi connectivity index (χ0v) is 13.8. The number of aromatic nitrogens is 4. The molecule has 1 saturated heterocycles. The second kappa shape index (κ2) is 6.11. The van der Waals surface area contributed by atoms with E-state index in [1.54, 1.807) is 12.7 Å². The minimum absolute atomic E-state index is 0.126. The standard InChI is InChI=1S/C18H21N5O/c1-14-4-2-6-21-11-16(8-17(14)21)18(24)22-7-3-5-15(9-22)10-23-13-19-12-20-23/h2,4,6,8,11-13,15H,3,5,7,9-10H2,1H3. The predicted octanol–water partition coefficient (Wildman–Crippen LogP) is 2.39. The summed E-state index contributed by atoms with van der Waals surface area (Å²) in [5, 5.41) is 4.18. The van der Waals surface area contributed by atoms with E-state index in [4.69, 9.17) is 0 Å². The Morgan fingerprint density at radius 1 is 1.42 bits per heavy atom. The van der Waals surface area contributed by atoms with Crippen molar-refractivity contribution in [1.29, 1.82) is 0 Å². The first-order valence-electron chi connectivity index (χ1n) is 8.40. The third kappa shape index (κ3) is 2.79. The van der Waals surface area contributed by atoms with Crippen molar-refractivity contribution in [2.45, 2.75) is 26.3 Å². The number of aryl methyl sites for hydroxylation is 1. The van der Waals surface area contributed by atoms with E-state index in [0.29, 0.717) is 5.92 Å². The monoisotopic (exact) mass is 323 g/mol. The number of likely N-dealkylation sites (tertiary alicyclic amines) is 1. The Morgan fingerprint density at radius 2 is 2.33 bits per heavy atom. The molecule has 1 aliphatic rings. The maximum Gasteiger partial charge on any atom is 0.255 e. The Bertz CT molecular complexity index is 852. The van der Waals surface area contributed by atoms with Crippen LogP contribution in [0.3, 0.4) is 0 Å². The van der Waals surface area contributed by atoms with Gasteiger partial charge < -0.3 is 9.30 Å². The van der Waals surface area contributed by atoms with Crippen molar-refractivity contribution in [2.75, 3.05) is 13.1 Å². The van der Waals surface area contributed by atoms with Crippen LogP contribution in [0.5, 0.6) is 0 Å². The maximum atomic E-state index is 12.9. The summed E-state index contributed by atoms with van der Waals surface area (Å²) in [6, 6.07) is 6.07. The van der Waals surface area contributed by atoms with Crippen LogP contribution in [0.2, 0.25) is 0 Å². The Balaban J connectivity index is 1.51. The molecule has 3 aromatic heterocycles. The maximum absolute atomic E-state index is 12.9. The molecule has 1 aliphatic heterocycles. The number of rotatable bonds is 3. The van der Waals surface area contributed by atoms with Gasteiger partial charge in [-0.05, 0) is 43.4 Å². The Labute approximate surface area is 140 Å². The number of nitrogens with zero attached hydrogens (tertiary/aromatic N) is 5. The van der Waals surface area contributed by atoms with Crippen LogP contribution < -0.4 is 0 Å². The zero-order chi connectivity index (χ0) is 16.5. The molecule has 0 radical (unpaired) electrons. The van der Waals surface area contributed by atoms with Gasteiger partial charge in [0, 0.05) is 37.5 Å². The topological polar surface area (TPSA) is 55.4 Å². The molecule has 0 N–H and O–H groups in total. The van der Waals surface area contributed by atoms with E-state index < -0.39 is 0 Å². The van der Waals surface area contributed by atoms with Gasteiger partial charge in [-0.3, -0.25) is 9.48 Å². The van der Waals surface area contributed by atoms with Gasteiger partial charge in [-0.15, -0.1) is 0 Å². The molecule has 1 unspecified atom stereocenters. The number of amides is 1. The van der Waals surface area contributed by atoms with Gasteiger partial charge in [0.1, 0.15) is 12.7 Å². The summed E-state index contributed by atoms with van der Waals surface area (Å²) in [5.74, 6) is 0.560.